The third-order valence-electron chi connectivity index (χ3n) is 3.23. The molecule has 1 N–H and O–H groups in total. The van der Waals surface area contributed by atoms with Crippen molar-refractivity contribution in [2.75, 3.05) is 13.2 Å². The van der Waals surface area contributed by atoms with Crippen LogP contribution in [-0.4, -0.2) is 19.2 Å². The van der Waals surface area contributed by atoms with Crippen LogP contribution in [0.25, 0.3) is 0 Å². The average molecular weight is 306 g/mol. The summed E-state index contributed by atoms with van der Waals surface area (Å²) in [5, 5.41) is 3.90. The van der Waals surface area contributed by atoms with Gasteiger partial charge in [-0.25, -0.2) is 4.39 Å². The van der Waals surface area contributed by atoms with Gasteiger partial charge < -0.3 is 10.1 Å². The van der Waals surface area contributed by atoms with Crippen molar-refractivity contribution < 1.29 is 9.13 Å². The van der Waals surface area contributed by atoms with Crippen molar-refractivity contribution in [3.05, 3.63) is 33.6 Å². The van der Waals surface area contributed by atoms with Gasteiger partial charge in [-0.1, -0.05) is 37.0 Å². The molecule has 5 heteroatoms. The molecule has 1 saturated heterocycles. The van der Waals surface area contributed by atoms with Crippen molar-refractivity contribution in [3.63, 3.8) is 0 Å². The van der Waals surface area contributed by atoms with Crippen molar-refractivity contribution in [2.24, 2.45) is 5.92 Å². The van der Waals surface area contributed by atoms with Crippen LogP contribution in [0.5, 0.6) is 0 Å². The van der Waals surface area contributed by atoms with E-state index in [9.17, 15) is 4.39 Å². The fraction of sp³-hybridized carbons (Fsp3) is 0.571. The Hall–Kier alpha value is -0.350. The minimum Gasteiger partial charge on any atom is -0.371 e. The highest BCUT2D eigenvalue weighted by atomic mass is 35.5. The molecule has 0 spiro atoms. The van der Waals surface area contributed by atoms with Crippen LogP contribution in [-0.2, 0) is 4.74 Å². The second kappa shape index (κ2) is 6.40. The summed E-state index contributed by atoms with van der Waals surface area (Å²) < 4.78 is 19.3. The molecule has 2 nitrogen and oxygen atoms in total. The molecule has 1 aliphatic rings. The van der Waals surface area contributed by atoms with Gasteiger partial charge in [-0.05, 0) is 24.5 Å². The highest BCUT2D eigenvalue weighted by Gasteiger charge is 2.25. The Morgan fingerprint density at radius 2 is 2.11 bits per heavy atom. The Morgan fingerprint density at radius 1 is 1.37 bits per heavy atom. The molecule has 1 fully saturated rings. The topological polar surface area (TPSA) is 21.3 Å². The lowest BCUT2D eigenvalue weighted by molar-refractivity contribution is -0.00139. The van der Waals surface area contributed by atoms with Crippen LogP contribution < -0.4 is 5.32 Å². The number of hydrogen-bond donors (Lipinski definition) is 1. The van der Waals surface area contributed by atoms with Gasteiger partial charge in [0.1, 0.15) is 5.82 Å². The zero-order valence-electron chi connectivity index (χ0n) is 11.1. The normalized spacial score (nSPS) is 23.9. The van der Waals surface area contributed by atoms with Gasteiger partial charge in [-0.15, -0.1) is 0 Å². The summed E-state index contributed by atoms with van der Waals surface area (Å²) in [6.07, 6.45) is 0.845. The largest absolute Gasteiger partial charge is 0.371 e. The summed E-state index contributed by atoms with van der Waals surface area (Å²) in [5.74, 6) is 0.156. The van der Waals surface area contributed by atoms with Crippen LogP contribution in [0.15, 0.2) is 12.1 Å². The Labute approximate surface area is 123 Å². The van der Waals surface area contributed by atoms with E-state index in [0.29, 0.717) is 35.7 Å². The molecule has 106 valence electrons. The van der Waals surface area contributed by atoms with Gasteiger partial charge >= 0.3 is 0 Å². The zero-order valence-corrected chi connectivity index (χ0v) is 12.6. The quantitative estimate of drug-likeness (QED) is 0.845. The van der Waals surface area contributed by atoms with Crippen LogP contribution in [0.1, 0.15) is 31.9 Å². The van der Waals surface area contributed by atoms with Crippen LogP contribution in [0.4, 0.5) is 4.39 Å². The fourth-order valence-corrected chi connectivity index (χ4v) is 2.83. The molecule has 2 atom stereocenters. The Bertz CT molecular complexity index is 445. The molecule has 0 aromatic heterocycles. The van der Waals surface area contributed by atoms with Crippen molar-refractivity contribution in [1.82, 2.24) is 5.32 Å². The summed E-state index contributed by atoms with van der Waals surface area (Å²) >= 11 is 11.8. The molecule has 1 heterocycles. The predicted molar refractivity (Wildman–Crippen MR) is 76.4 cm³/mol. The maximum atomic E-state index is 13.5. The molecule has 0 bridgehead atoms. The monoisotopic (exact) mass is 305 g/mol. The summed E-state index contributed by atoms with van der Waals surface area (Å²) in [5.41, 5.74) is 0.652. The van der Waals surface area contributed by atoms with E-state index >= 15 is 0 Å². The van der Waals surface area contributed by atoms with Crippen molar-refractivity contribution in [3.8, 4) is 0 Å². The number of halogens is 3. The summed E-state index contributed by atoms with van der Waals surface area (Å²) in [7, 11) is 0. The van der Waals surface area contributed by atoms with Crippen LogP contribution in [0.2, 0.25) is 10.0 Å². The second-order valence-electron chi connectivity index (χ2n) is 5.34. The first-order chi connectivity index (χ1) is 8.97. The molecule has 1 aliphatic heterocycles. The summed E-state index contributed by atoms with van der Waals surface area (Å²) in [4.78, 5) is 0. The number of hydrogen-bond acceptors (Lipinski definition) is 2. The van der Waals surface area contributed by atoms with E-state index in [1.54, 1.807) is 0 Å². The standard InChI is InChI=1S/C14H18Cl2FNO/c1-8(2)3-9-7-19-14(6-18-9)10-4-13(17)12(16)5-11(10)15/h4-5,8-9,14,18H,3,6-7H2,1-2H3. The van der Waals surface area contributed by atoms with Crippen LogP contribution in [0.3, 0.4) is 0 Å². The van der Waals surface area contributed by atoms with Crippen molar-refractivity contribution >= 4 is 23.2 Å². The number of ether oxygens (including phenoxy) is 1. The van der Waals surface area contributed by atoms with E-state index in [2.05, 4.69) is 19.2 Å². The van der Waals surface area contributed by atoms with Crippen molar-refractivity contribution in [1.29, 1.82) is 0 Å². The van der Waals surface area contributed by atoms with E-state index < -0.39 is 5.82 Å². The van der Waals surface area contributed by atoms with Gasteiger partial charge in [0, 0.05) is 23.2 Å². The highest BCUT2D eigenvalue weighted by Crippen LogP contribution is 2.31. The van der Waals surface area contributed by atoms with Gasteiger partial charge in [0.05, 0.1) is 17.7 Å². The molecule has 19 heavy (non-hydrogen) atoms. The van der Waals surface area contributed by atoms with Gasteiger partial charge in [0.25, 0.3) is 0 Å². The molecule has 1 aromatic carbocycles. The Balaban J connectivity index is 2.03. The SMILES string of the molecule is CC(C)CC1COC(c2cc(F)c(Cl)cc2Cl)CN1. The van der Waals surface area contributed by atoms with E-state index in [1.165, 1.54) is 12.1 Å². The van der Waals surface area contributed by atoms with Crippen molar-refractivity contribution in [2.45, 2.75) is 32.4 Å². The third-order valence-corrected chi connectivity index (χ3v) is 3.85. The lowest BCUT2D eigenvalue weighted by atomic mass is 10.0. The smallest absolute Gasteiger partial charge is 0.142 e. The lowest BCUT2D eigenvalue weighted by Gasteiger charge is -2.32. The number of morpholine rings is 1. The molecule has 2 unspecified atom stereocenters. The number of rotatable bonds is 3. The third kappa shape index (κ3) is 3.82. The first-order valence-corrected chi connectivity index (χ1v) is 7.22. The molecular weight excluding hydrogens is 288 g/mol. The van der Waals surface area contributed by atoms with Crippen LogP contribution >= 0.6 is 23.2 Å². The Morgan fingerprint density at radius 3 is 2.68 bits per heavy atom. The summed E-state index contributed by atoms with van der Waals surface area (Å²) in [6.45, 7) is 5.61. The molecular formula is C14H18Cl2FNO. The molecule has 2 rings (SSSR count). The minimum absolute atomic E-state index is 0.0372. The lowest BCUT2D eigenvalue weighted by Crippen LogP contribution is -2.43. The van der Waals surface area contributed by atoms with Gasteiger partial charge in [-0.2, -0.15) is 0 Å². The molecule has 1 aromatic rings. The maximum Gasteiger partial charge on any atom is 0.142 e. The van der Waals surface area contributed by atoms with Gasteiger partial charge in [-0.3, -0.25) is 0 Å². The fourth-order valence-electron chi connectivity index (χ4n) is 2.33. The molecule has 0 amide bonds. The van der Waals surface area contributed by atoms with Gasteiger partial charge in [0.2, 0.25) is 0 Å². The highest BCUT2D eigenvalue weighted by molar-refractivity contribution is 6.35. The first-order valence-electron chi connectivity index (χ1n) is 6.46. The van der Waals surface area contributed by atoms with E-state index in [0.717, 1.165) is 6.42 Å². The predicted octanol–water partition coefficient (Wildman–Crippen LogP) is 4.21. The number of benzene rings is 1. The van der Waals surface area contributed by atoms with Gasteiger partial charge in [0.15, 0.2) is 0 Å². The van der Waals surface area contributed by atoms with Crippen LogP contribution in [0, 0.1) is 11.7 Å². The zero-order chi connectivity index (χ0) is 14.0. The van der Waals surface area contributed by atoms with E-state index in [-0.39, 0.29) is 11.1 Å². The first kappa shape index (κ1) is 15.0. The average Bonchev–Trinajstić information content (AvgIpc) is 2.34. The summed E-state index contributed by atoms with van der Waals surface area (Å²) in [6, 6.07) is 3.14. The second-order valence-corrected chi connectivity index (χ2v) is 6.16. The maximum absolute atomic E-state index is 13.5. The molecule has 0 aliphatic carbocycles. The number of nitrogens with one attached hydrogen (secondary N) is 1. The molecule has 0 radical (unpaired) electrons. The minimum atomic E-state index is -0.464. The Kier molecular flexibility index (Phi) is 5.07. The van der Waals surface area contributed by atoms with E-state index in [1.807, 2.05) is 0 Å². The van der Waals surface area contributed by atoms with E-state index in [4.69, 9.17) is 27.9 Å². The molecule has 0 saturated carbocycles.